The zero-order valence-corrected chi connectivity index (χ0v) is 28.0. The molecule has 234 valence electrons. The molecule has 50 heavy (non-hydrogen) atoms. The van der Waals surface area contributed by atoms with E-state index in [0.717, 1.165) is 32.5 Å². The topological polar surface area (TPSA) is 38.5 Å². The summed E-state index contributed by atoms with van der Waals surface area (Å²) in [4.78, 5) is 30.6. The Morgan fingerprint density at radius 2 is 1.08 bits per heavy atom. The van der Waals surface area contributed by atoms with E-state index < -0.39 is 0 Å². The van der Waals surface area contributed by atoms with Crippen molar-refractivity contribution in [2.45, 2.75) is 16.7 Å². The van der Waals surface area contributed by atoms with Crippen LogP contribution in [0.3, 0.4) is 0 Å². The zero-order valence-electron chi connectivity index (χ0n) is 27.2. The van der Waals surface area contributed by atoms with E-state index in [1.165, 1.54) is 32.5 Å². The first-order valence-electron chi connectivity index (χ1n) is 16.9. The third kappa shape index (κ3) is 4.20. The van der Waals surface area contributed by atoms with Crippen molar-refractivity contribution in [2.75, 3.05) is 0 Å². The standard InChI is InChI=1S/C45H28BNO2S/c1-27-23-33(28-13-4-2-5-14-28)42(34(24-27)29-15-6-3-7-16-29)46-36-20-9-11-22-40(36)50-41-26-39-35(25-37(41)46)45(49)32-19-12-18-31-43(32)47(39)38-21-10-8-17-30(38)44(31)48/h2-26H,1H3. The molecule has 0 amide bonds. The summed E-state index contributed by atoms with van der Waals surface area (Å²) in [7, 11) is 0. The largest absolute Gasteiger partial charge is 0.307 e. The number of pyridine rings is 2. The van der Waals surface area contributed by atoms with Gasteiger partial charge in [-0.2, -0.15) is 0 Å². The van der Waals surface area contributed by atoms with E-state index in [-0.39, 0.29) is 17.6 Å². The Labute approximate surface area is 292 Å². The number of nitrogens with zero attached hydrogens (tertiary/aromatic N) is 1. The molecular formula is C45H28BNO2S. The summed E-state index contributed by atoms with van der Waals surface area (Å²) in [5.74, 6) is 0. The second kappa shape index (κ2) is 11.1. The molecule has 0 saturated carbocycles. The normalized spacial score (nSPS) is 12.5. The minimum atomic E-state index is -0.144. The van der Waals surface area contributed by atoms with Crippen LogP contribution in [0.4, 0.5) is 0 Å². The van der Waals surface area contributed by atoms with Crippen molar-refractivity contribution in [3.05, 3.63) is 178 Å². The van der Waals surface area contributed by atoms with Gasteiger partial charge in [0, 0.05) is 31.3 Å². The molecule has 0 atom stereocenters. The van der Waals surface area contributed by atoms with Gasteiger partial charge in [0.15, 0.2) is 10.9 Å². The van der Waals surface area contributed by atoms with Crippen LogP contribution in [0, 0.1) is 6.92 Å². The number of aromatic nitrogens is 1. The van der Waals surface area contributed by atoms with Gasteiger partial charge in [-0.05, 0) is 71.1 Å². The second-order valence-corrected chi connectivity index (χ2v) is 14.3. The Kier molecular flexibility index (Phi) is 6.43. The van der Waals surface area contributed by atoms with Gasteiger partial charge < -0.3 is 4.40 Å². The lowest BCUT2D eigenvalue weighted by Crippen LogP contribution is -2.56. The van der Waals surface area contributed by atoms with Crippen LogP contribution in [0.25, 0.3) is 60.3 Å². The smallest absolute Gasteiger partial charge is 0.245 e. The Balaban J connectivity index is 1.37. The molecule has 0 spiro atoms. The van der Waals surface area contributed by atoms with E-state index in [4.69, 9.17) is 0 Å². The van der Waals surface area contributed by atoms with Crippen molar-refractivity contribution in [3.8, 4) is 22.3 Å². The van der Waals surface area contributed by atoms with Crippen LogP contribution in [-0.2, 0) is 0 Å². The number of hydrogen-bond acceptors (Lipinski definition) is 3. The number of fused-ring (bicyclic) bond motifs is 6. The number of para-hydroxylation sites is 2. The SMILES string of the molecule is Cc1cc(-c2ccccc2)c(B2c3ccccc3Sc3cc4c(cc32)c(=O)c2cccc3c(=O)c5ccccc5n4c32)c(-c2ccccc2)c1. The molecule has 2 aromatic heterocycles. The fraction of sp³-hybridized carbons (Fsp3) is 0.0222. The molecule has 0 saturated heterocycles. The third-order valence-corrected chi connectivity index (χ3v) is 11.5. The lowest BCUT2D eigenvalue weighted by molar-refractivity contribution is 1.29. The Bertz CT molecular complexity index is 2900. The van der Waals surface area contributed by atoms with Crippen molar-refractivity contribution in [1.29, 1.82) is 0 Å². The average Bonchev–Trinajstić information content (AvgIpc) is 3.16. The van der Waals surface area contributed by atoms with Gasteiger partial charge in [-0.25, -0.2) is 0 Å². The highest BCUT2D eigenvalue weighted by molar-refractivity contribution is 8.00. The monoisotopic (exact) mass is 657 g/mol. The lowest BCUT2D eigenvalue weighted by Gasteiger charge is -2.30. The van der Waals surface area contributed by atoms with E-state index in [9.17, 15) is 9.59 Å². The van der Waals surface area contributed by atoms with Gasteiger partial charge in [-0.1, -0.05) is 143 Å². The van der Waals surface area contributed by atoms with Crippen LogP contribution in [0.1, 0.15) is 5.56 Å². The minimum Gasteiger partial charge on any atom is -0.307 e. The van der Waals surface area contributed by atoms with E-state index >= 15 is 0 Å². The van der Waals surface area contributed by atoms with Crippen molar-refractivity contribution in [1.82, 2.24) is 4.40 Å². The Hall–Kier alpha value is -5.91. The van der Waals surface area contributed by atoms with Gasteiger partial charge in [0.2, 0.25) is 6.71 Å². The molecule has 1 aliphatic heterocycles. The Morgan fingerprint density at radius 3 is 1.78 bits per heavy atom. The maximum absolute atomic E-state index is 14.6. The first kappa shape index (κ1) is 29.0. The van der Waals surface area contributed by atoms with Gasteiger partial charge >= 0.3 is 0 Å². The fourth-order valence-corrected chi connectivity index (χ4v) is 9.32. The van der Waals surface area contributed by atoms with Crippen LogP contribution in [-0.4, -0.2) is 11.1 Å². The molecule has 3 nitrogen and oxygen atoms in total. The van der Waals surface area contributed by atoms with Crippen LogP contribution < -0.4 is 27.2 Å². The van der Waals surface area contributed by atoms with Crippen LogP contribution in [0.5, 0.6) is 0 Å². The fourth-order valence-electron chi connectivity index (χ4n) is 8.17. The van der Waals surface area contributed by atoms with E-state index in [0.29, 0.717) is 27.1 Å². The molecule has 5 heteroatoms. The summed E-state index contributed by atoms with van der Waals surface area (Å²) in [5.41, 5.74) is 11.6. The van der Waals surface area contributed by atoms with E-state index in [2.05, 4.69) is 121 Å². The second-order valence-electron chi connectivity index (χ2n) is 13.2. The van der Waals surface area contributed by atoms with Gasteiger partial charge in [0.05, 0.1) is 16.6 Å². The molecule has 10 rings (SSSR count). The van der Waals surface area contributed by atoms with Crippen LogP contribution in [0.2, 0.25) is 0 Å². The van der Waals surface area contributed by atoms with Crippen molar-refractivity contribution in [3.63, 3.8) is 0 Å². The zero-order chi connectivity index (χ0) is 33.5. The molecule has 1 aliphatic rings. The maximum atomic E-state index is 14.6. The third-order valence-electron chi connectivity index (χ3n) is 10.3. The summed E-state index contributed by atoms with van der Waals surface area (Å²) in [6.45, 7) is 2.03. The van der Waals surface area contributed by atoms with Crippen LogP contribution >= 0.6 is 11.8 Å². The van der Waals surface area contributed by atoms with Crippen molar-refractivity contribution in [2.24, 2.45) is 0 Å². The summed E-state index contributed by atoms with van der Waals surface area (Å²) in [6.07, 6.45) is 0. The van der Waals surface area contributed by atoms with Crippen LogP contribution in [0.15, 0.2) is 171 Å². The summed E-state index contributed by atoms with van der Waals surface area (Å²) >= 11 is 1.75. The highest BCUT2D eigenvalue weighted by Gasteiger charge is 2.36. The van der Waals surface area contributed by atoms with Gasteiger partial charge in [-0.3, -0.25) is 9.59 Å². The van der Waals surface area contributed by atoms with Gasteiger partial charge in [-0.15, -0.1) is 0 Å². The molecule has 3 heterocycles. The molecule has 0 radical (unpaired) electrons. The maximum Gasteiger partial charge on any atom is 0.245 e. The van der Waals surface area contributed by atoms with Gasteiger partial charge in [0.25, 0.3) is 0 Å². The minimum absolute atomic E-state index is 0.0486. The summed E-state index contributed by atoms with van der Waals surface area (Å²) in [5, 5.41) is 2.42. The summed E-state index contributed by atoms with van der Waals surface area (Å²) < 4.78 is 2.14. The molecule has 0 bridgehead atoms. The molecule has 0 aliphatic carbocycles. The number of aryl methyl sites for hydroxylation is 1. The average molecular weight is 658 g/mol. The van der Waals surface area contributed by atoms with Gasteiger partial charge in [0.1, 0.15) is 0 Å². The van der Waals surface area contributed by atoms with E-state index in [1.807, 2.05) is 42.5 Å². The number of benzene rings is 7. The molecule has 7 aromatic carbocycles. The number of hydrogen-bond donors (Lipinski definition) is 0. The molecule has 0 unspecified atom stereocenters. The first-order valence-corrected chi connectivity index (χ1v) is 17.7. The highest BCUT2D eigenvalue weighted by Crippen LogP contribution is 2.36. The molecular weight excluding hydrogens is 629 g/mol. The quantitative estimate of drug-likeness (QED) is 0.109. The Morgan fingerprint density at radius 1 is 0.500 bits per heavy atom. The lowest BCUT2D eigenvalue weighted by atomic mass is 9.34. The van der Waals surface area contributed by atoms with Crippen molar-refractivity contribution >= 4 is 73.0 Å². The summed E-state index contributed by atoms with van der Waals surface area (Å²) in [6, 6.07) is 52.2. The predicted molar refractivity (Wildman–Crippen MR) is 211 cm³/mol. The molecule has 9 aromatic rings. The highest BCUT2D eigenvalue weighted by atomic mass is 32.2. The molecule has 0 fully saturated rings. The predicted octanol–water partition coefficient (Wildman–Crippen LogP) is 8.18. The van der Waals surface area contributed by atoms with Crippen molar-refractivity contribution < 1.29 is 0 Å². The van der Waals surface area contributed by atoms with E-state index in [1.54, 1.807) is 11.8 Å². The number of rotatable bonds is 3. The first-order chi connectivity index (χ1) is 24.6. The molecule has 0 N–H and O–H groups in total.